The fraction of sp³-hybridized carbons (Fsp3) is 0.333. The first kappa shape index (κ1) is 13.1. The van der Waals surface area contributed by atoms with E-state index in [-0.39, 0.29) is 10.9 Å². The summed E-state index contributed by atoms with van der Waals surface area (Å²) in [6.07, 6.45) is 6.48. The molecule has 0 saturated heterocycles. The second-order valence-electron chi connectivity index (χ2n) is 4.37. The molecule has 1 aliphatic carbocycles. The third-order valence-electron chi connectivity index (χ3n) is 2.96. The van der Waals surface area contributed by atoms with E-state index in [0.717, 1.165) is 29.7 Å². The van der Waals surface area contributed by atoms with E-state index >= 15 is 0 Å². The van der Waals surface area contributed by atoms with Crippen molar-refractivity contribution < 1.29 is 9.59 Å². The van der Waals surface area contributed by atoms with Gasteiger partial charge in [-0.2, -0.15) is 0 Å². The van der Waals surface area contributed by atoms with Gasteiger partial charge in [0.05, 0.1) is 0 Å². The second-order valence-corrected chi connectivity index (χ2v) is 5.64. The van der Waals surface area contributed by atoms with E-state index in [2.05, 4.69) is 6.08 Å². The molecule has 0 unspecified atom stereocenters. The zero-order chi connectivity index (χ0) is 13.0. The largest absolute Gasteiger partial charge is 0.294 e. The van der Waals surface area contributed by atoms with Crippen LogP contribution in [0.1, 0.15) is 41.3 Å². The van der Waals surface area contributed by atoms with E-state index in [0.29, 0.717) is 6.42 Å². The number of fused-ring (bicyclic) bond motifs is 1. The van der Waals surface area contributed by atoms with Gasteiger partial charge in [-0.1, -0.05) is 36.0 Å². The van der Waals surface area contributed by atoms with Crippen LogP contribution in [0.25, 0.3) is 6.08 Å². The molecular formula is C15H16O2S. The Morgan fingerprint density at radius 1 is 1.39 bits per heavy atom. The highest BCUT2D eigenvalue weighted by molar-refractivity contribution is 8.13. The topological polar surface area (TPSA) is 34.1 Å². The Morgan fingerprint density at radius 3 is 3.00 bits per heavy atom. The van der Waals surface area contributed by atoms with Crippen LogP contribution in [0.4, 0.5) is 0 Å². The minimum Gasteiger partial charge on any atom is -0.294 e. The van der Waals surface area contributed by atoms with Crippen LogP contribution < -0.4 is 0 Å². The quantitative estimate of drug-likeness (QED) is 0.777. The molecule has 0 fully saturated rings. The Labute approximate surface area is 111 Å². The summed E-state index contributed by atoms with van der Waals surface area (Å²) in [6.45, 7) is 1.58. The fourth-order valence-electron chi connectivity index (χ4n) is 2.05. The summed E-state index contributed by atoms with van der Waals surface area (Å²) in [5.41, 5.74) is 3.12. The van der Waals surface area contributed by atoms with Crippen molar-refractivity contribution in [2.24, 2.45) is 0 Å². The number of thioether (sulfide) groups is 1. The van der Waals surface area contributed by atoms with Crippen LogP contribution in [-0.4, -0.2) is 16.7 Å². The molecule has 0 radical (unpaired) electrons. The molecule has 18 heavy (non-hydrogen) atoms. The molecule has 2 rings (SSSR count). The lowest BCUT2D eigenvalue weighted by molar-refractivity contribution is -0.109. The van der Waals surface area contributed by atoms with Crippen LogP contribution in [0.15, 0.2) is 24.3 Å². The first-order valence-electron chi connectivity index (χ1n) is 6.13. The first-order chi connectivity index (χ1) is 8.66. The van der Waals surface area contributed by atoms with Crippen LogP contribution in [0.2, 0.25) is 0 Å². The molecular weight excluding hydrogens is 244 g/mol. The van der Waals surface area contributed by atoms with Gasteiger partial charge in [0, 0.05) is 24.7 Å². The van der Waals surface area contributed by atoms with Gasteiger partial charge in [0.25, 0.3) is 0 Å². The number of aryl methyl sites for hydroxylation is 1. The molecule has 0 amide bonds. The Bertz CT molecular complexity index is 503. The molecule has 0 N–H and O–H groups in total. The van der Waals surface area contributed by atoms with Crippen LogP contribution in [-0.2, 0) is 11.2 Å². The molecule has 94 valence electrons. The van der Waals surface area contributed by atoms with Gasteiger partial charge >= 0.3 is 0 Å². The first-order valence-corrected chi connectivity index (χ1v) is 7.11. The molecule has 0 aliphatic heterocycles. The third-order valence-corrected chi connectivity index (χ3v) is 3.80. The average Bonchev–Trinajstić information content (AvgIpc) is 2.70. The summed E-state index contributed by atoms with van der Waals surface area (Å²) >= 11 is 1.34. The highest BCUT2D eigenvalue weighted by atomic mass is 32.2. The molecule has 0 atom stereocenters. The van der Waals surface area contributed by atoms with E-state index in [9.17, 15) is 9.59 Å². The summed E-state index contributed by atoms with van der Waals surface area (Å²) in [5, 5.41) is 0.159. The number of carbonyl (C=O) groups is 2. The van der Waals surface area contributed by atoms with Crippen molar-refractivity contribution in [1.29, 1.82) is 0 Å². The molecule has 3 heteroatoms. The van der Waals surface area contributed by atoms with Gasteiger partial charge in [-0.3, -0.25) is 9.59 Å². The van der Waals surface area contributed by atoms with Gasteiger partial charge < -0.3 is 0 Å². The van der Waals surface area contributed by atoms with Gasteiger partial charge in [-0.05, 0) is 30.0 Å². The number of benzene rings is 1. The van der Waals surface area contributed by atoms with Crippen LogP contribution in [0.3, 0.4) is 0 Å². The van der Waals surface area contributed by atoms with Crippen LogP contribution in [0, 0.1) is 0 Å². The molecule has 0 aromatic heterocycles. The minimum absolute atomic E-state index is 0.159. The Balaban J connectivity index is 1.94. The average molecular weight is 260 g/mol. The summed E-state index contributed by atoms with van der Waals surface area (Å²) in [6, 6.07) is 6.07. The highest BCUT2D eigenvalue weighted by Crippen LogP contribution is 2.23. The Hall–Kier alpha value is -1.35. The SMILES string of the molecule is CC(=O)SCCC=Cc1ccc2c(c1)C(=O)CC2. The van der Waals surface area contributed by atoms with Gasteiger partial charge in [0.1, 0.15) is 0 Å². The van der Waals surface area contributed by atoms with Crippen LogP contribution in [0.5, 0.6) is 0 Å². The van der Waals surface area contributed by atoms with E-state index < -0.39 is 0 Å². The number of hydrogen-bond donors (Lipinski definition) is 0. The second kappa shape index (κ2) is 6.01. The zero-order valence-corrected chi connectivity index (χ0v) is 11.3. The number of ketones is 1. The summed E-state index contributed by atoms with van der Waals surface area (Å²) in [5.74, 6) is 1.07. The lowest BCUT2D eigenvalue weighted by atomic mass is 10.1. The van der Waals surface area contributed by atoms with Crippen molar-refractivity contribution in [3.63, 3.8) is 0 Å². The normalized spacial score (nSPS) is 14.2. The third kappa shape index (κ3) is 3.33. The summed E-state index contributed by atoms with van der Waals surface area (Å²) in [7, 11) is 0. The van der Waals surface area contributed by atoms with E-state index in [1.165, 1.54) is 17.3 Å². The molecule has 1 aromatic rings. The Morgan fingerprint density at radius 2 is 2.22 bits per heavy atom. The van der Waals surface area contributed by atoms with Gasteiger partial charge in [-0.25, -0.2) is 0 Å². The Kier molecular flexibility index (Phi) is 4.37. The predicted octanol–water partition coefficient (Wildman–Crippen LogP) is 3.50. The summed E-state index contributed by atoms with van der Waals surface area (Å²) in [4.78, 5) is 22.3. The van der Waals surface area contributed by atoms with Crippen molar-refractivity contribution >= 4 is 28.7 Å². The summed E-state index contributed by atoms with van der Waals surface area (Å²) < 4.78 is 0. The smallest absolute Gasteiger partial charge is 0.185 e. The molecule has 1 aliphatic rings. The number of allylic oxidation sites excluding steroid dienone is 1. The maximum atomic E-state index is 11.6. The monoisotopic (exact) mass is 260 g/mol. The fourth-order valence-corrected chi connectivity index (χ4v) is 2.59. The van der Waals surface area contributed by atoms with Crippen molar-refractivity contribution in [2.45, 2.75) is 26.2 Å². The molecule has 1 aromatic carbocycles. The molecule has 0 saturated carbocycles. The maximum Gasteiger partial charge on any atom is 0.185 e. The predicted molar refractivity (Wildman–Crippen MR) is 75.9 cm³/mol. The lowest BCUT2D eigenvalue weighted by Gasteiger charge is -1.99. The van der Waals surface area contributed by atoms with Gasteiger partial charge in [-0.15, -0.1) is 0 Å². The zero-order valence-electron chi connectivity index (χ0n) is 10.4. The highest BCUT2D eigenvalue weighted by Gasteiger charge is 2.18. The number of rotatable bonds is 4. The number of carbonyl (C=O) groups excluding carboxylic acids is 2. The van der Waals surface area contributed by atoms with Gasteiger partial charge in [0.2, 0.25) is 0 Å². The van der Waals surface area contributed by atoms with E-state index in [4.69, 9.17) is 0 Å². The minimum atomic E-state index is 0.159. The molecule has 0 heterocycles. The number of Topliss-reactive ketones (excluding diaryl/α,β-unsaturated/α-hetero) is 1. The molecule has 0 bridgehead atoms. The van der Waals surface area contributed by atoms with E-state index in [1.807, 2.05) is 24.3 Å². The number of hydrogen-bond acceptors (Lipinski definition) is 3. The van der Waals surface area contributed by atoms with Crippen molar-refractivity contribution in [2.75, 3.05) is 5.75 Å². The molecule has 2 nitrogen and oxygen atoms in total. The maximum absolute atomic E-state index is 11.6. The van der Waals surface area contributed by atoms with Gasteiger partial charge in [0.15, 0.2) is 10.9 Å². The van der Waals surface area contributed by atoms with E-state index in [1.54, 1.807) is 6.92 Å². The van der Waals surface area contributed by atoms with Crippen molar-refractivity contribution in [3.8, 4) is 0 Å². The van der Waals surface area contributed by atoms with Crippen molar-refractivity contribution in [1.82, 2.24) is 0 Å². The van der Waals surface area contributed by atoms with Crippen molar-refractivity contribution in [3.05, 3.63) is 41.0 Å². The molecule has 0 spiro atoms. The standard InChI is InChI=1S/C15H16O2S/c1-11(16)18-9-3-2-4-12-5-6-13-7-8-15(17)14(13)10-12/h2,4-6,10H,3,7-9H2,1H3. The lowest BCUT2D eigenvalue weighted by Crippen LogP contribution is -1.91. The van der Waals surface area contributed by atoms with Crippen LogP contribution >= 0.6 is 11.8 Å².